The Bertz CT molecular complexity index is 1460. The molecule has 0 fully saturated rings. The number of nitro groups is 1. The number of methoxy groups -OCH3 is 1. The van der Waals surface area contributed by atoms with Gasteiger partial charge in [-0.1, -0.05) is 25.1 Å². The number of nitro benzene ring substituents is 1. The first kappa shape index (κ1) is 24.1. The van der Waals surface area contributed by atoms with Gasteiger partial charge in [0, 0.05) is 6.07 Å². The number of fused-ring (bicyclic) bond motifs is 1. The van der Waals surface area contributed by atoms with Crippen LogP contribution in [0.15, 0.2) is 63.0 Å². The van der Waals surface area contributed by atoms with Crippen molar-refractivity contribution in [2.45, 2.75) is 18.2 Å². The van der Waals surface area contributed by atoms with Crippen molar-refractivity contribution in [3.63, 3.8) is 0 Å². The summed E-state index contributed by atoms with van der Waals surface area (Å²) in [4.78, 5) is 26.3. The van der Waals surface area contributed by atoms with Crippen LogP contribution in [0.3, 0.4) is 0 Å². The first-order chi connectivity index (χ1) is 16.6. The number of benzene rings is 2. The molecule has 4 rings (SSSR count). The highest BCUT2D eigenvalue weighted by atomic mass is 32.2. The van der Waals surface area contributed by atoms with E-state index in [4.69, 9.17) is 14.3 Å². The van der Waals surface area contributed by atoms with Crippen molar-refractivity contribution in [1.29, 1.82) is 5.41 Å². The molecular weight excluding hydrogens is 498 g/mol. The van der Waals surface area contributed by atoms with E-state index in [9.17, 15) is 23.3 Å². The summed E-state index contributed by atoms with van der Waals surface area (Å²) in [5, 5.41) is 26.2. The van der Waals surface area contributed by atoms with Gasteiger partial charge >= 0.3 is 10.1 Å². The Balaban J connectivity index is 1.65. The van der Waals surface area contributed by atoms with Crippen molar-refractivity contribution in [1.82, 2.24) is 5.01 Å². The zero-order chi connectivity index (χ0) is 25.3. The quantitative estimate of drug-likeness (QED) is 0.252. The minimum atomic E-state index is -4.56. The molecule has 0 bridgehead atoms. The molecule has 0 aliphatic carbocycles. The number of amidine groups is 2. The monoisotopic (exact) mass is 515 g/mol. The molecular formula is C21H17N5O7S2. The number of para-hydroxylation sites is 1. The molecule has 35 heavy (non-hydrogen) atoms. The standard InChI is InChI=1S/C21H17N5O7S2/c1-3-18-24-25-19(22)13(20(27)23-21(25)34-18)10-12-8-9-15(16(11-12)32-2)33-35(30,31)17-7-5-4-6-14(17)26(28)29/h4-11,22H,3H2,1-2H3/b13-10-,22-19?. The Kier molecular flexibility index (Phi) is 6.41. The summed E-state index contributed by atoms with van der Waals surface area (Å²) >= 11 is 1.23. The van der Waals surface area contributed by atoms with Crippen LogP contribution in [0.5, 0.6) is 11.5 Å². The highest BCUT2D eigenvalue weighted by Crippen LogP contribution is 2.34. The smallest absolute Gasteiger partial charge is 0.346 e. The lowest BCUT2D eigenvalue weighted by Gasteiger charge is -2.20. The number of thioether (sulfide) groups is 1. The summed E-state index contributed by atoms with van der Waals surface area (Å²) in [6.07, 6.45) is 2.03. The van der Waals surface area contributed by atoms with Crippen molar-refractivity contribution in [2.24, 2.45) is 10.1 Å². The van der Waals surface area contributed by atoms with E-state index in [0.717, 1.165) is 17.2 Å². The van der Waals surface area contributed by atoms with Crippen LogP contribution in [0, 0.1) is 15.5 Å². The van der Waals surface area contributed by atoms with Crippen LogP contribution in [-0.2, 0) is 14.9 Å². The van der Waals surface area contributed by atoms with E-state index in [1.165, 1.54) is 60.3 Å². The molecule has 2 heterocycles. The lowest BCUT2D eigenvalue weighted by atomic mass is 10.1. The number of carbonyl (C=O) groups excluding carboxylic acids is 1. The maximum Gasteiger partial charge on any atom is 0.346 e. The number of carbonyl (C=O) groups is 1. The molecule has 14 heteroatoms. The summed E-state index contributed by atoms with van der Waals surface area (Å²) in [5.74, 6) is -0.983. The first-order valence-electron chi connectivity index (χ1n) is 9.99. The lowest BCUT2D eigenvalue weighted by Crippen LogP contribution is -2.35. The molecule has 0 atom stereocenters. The predicted octanol–water partition coefficient (Wildman–Crippen LogP) is 3.40. The minimum Gasteiger partial charge on any atom is -0.493 e. The fraction of sp³-hybridized carbons (Fsp3) is 0.143. The van der Waals surface area contributed by atoms with Gasteiger partial charge in [0.15, 0.2) is 22.2 Å². The largest absolute Gasteiger partial charge is 0.493 e. The van der Waals surface area contributed by atoms with Crippen molar-refractivity contribution in [2.75, 3.05) is 7.11 Å². The molecule has 0 aromatic heterocycles. The normalized spacial score (nSPS) is 16.6. The highest BCUT2D eigenvalue weighted by molar-refractivity contribution is 8.26. The molecule has 2 aromatic carbocycles. The minimum absolute atomic E-state index is 0.0106. The molecule has 1 amide bonds. The SMILES string of the molecule is CCC1=NN2C(=N)/C(=C/c3ccc(OS(=O)(=O)c4ccccc4[N+](=O)[O-])c(OC)c3)C(=O)N=C2S1. The lowest BCUT2D eigenvalue weighted by molar-refractivity contribution is -0.387. The Morgan fingerprint density at radius 1 is 1.23 bits per heavy atom. The Morgan fingerprint density at radius 2 is 1.97 bits per heavy atom. The average Bonchev–Trinajstić information content (AvgIpc) is 3.25. The number of hydrazone groups is 1. The van der Waals surface area contributed by atoms with E-state index in [-0.39, 0.29) is 22.9 Å². The summed E-state index contributed by atoms with van der Waals surface area (Å²) in [6.45, 7) is 1.90. The maximum atomic E-state index is 12.7. The molecule has 2 aromatic rings. The zero-order valence-corrected chi connectivity index (χ0v) is 19.9. The van der Waals surface area contributed by atoms with Crippen molar-refractivity contribution >= 4 is 55.6 Å². The molecule has 0 saturated carbocycles. The van der Waals surface area contributed by atoms with Crippen LogP contribution >= 0.6 is 11.8 Å². The zero-order valence-electron chi connectivity index (χ0n) is 18.3. The topological polar surface area (TPSA) is 165 Å². The Hall–Kier alpha value is -4.04. The second-order valence-corrected chi connectivity index (χ2v) is 9.60. The first-order valence-corrected chi connectivity index (χ1v) is 12.2. The van der Waals surface area contributed by atoms with E-state index < -0.39 is 31.5 Å². The maximum absolute atomic E-state index is 12.7. The second kappa shape index (κ2) is 9.31. The van der Waals surface area contributed by atoms with Gasteiger partial charge in [0.25, 0.3) is 11.6 Å². The number of nitrogens with zero attached hydrogens (tertiary/aromatic N) is 4. The Morgan fingerprint density at radius 3 is 2.66 bits per heavy atom. The fourth-order valence-electron chi connectivity index (χ4n) is 3.17. The van der Waals surface area contributed by atoms with Gasteiger partial charge in [-0.3, -0.25) is 20.3 Å². The van der Waals surface area contributed by atoms with Crippen molar-refractivity contribution in [3.05, 3.63) is 63.7 Å². The fourth-order valence-corrected chi connectivity index (χ4v) is 5.10. The van der Waals surface area contributed by atoms with Gasteiger partial charge in [0.1, 0.15) is 5.04 Å². The number of hydrogen-bond donors (Lipinski definition) is 1. The van der Waals surface area contributed by atoms with Gasteiger partial charge < -0.3 is 8.92 Å². The summed E-state index contributed by atoms with van der Waals surface area (Å²) in [6, 6.07) is 8.92. The van der Waals surface area contributed by atoms with Gasteiger partial charge in [-0.05, 0) is 48.0 Å². The third kappa shape index (κ3) is 4.65. The molecule has 0 unspecified atom stereocenters. The molecule has 1 N–H and O–H groups in total. The number of rotatable bonds is 7. The third-order valence-electron chi connectivity index (χ3n) is 4.83. The van der Waals surface area contributed by atoms with Crippen LogP contribution in [0.2, 0.25) is 0 Å². The number of hydrogen-bond acceptors (Lipinski definition) is 10. The summed E-state index contributed by atoms with van der Waals surface area (Å²) in [7, 11) is -3.28. The van der Waals surface area contributed by atoms with Gasteiger partial charge in [0.2, 0.25) is 5.17 Å². The number of aliphatic imine (C=N–C) groups is 1. The van der Waals surface area contributed by atoms with E-state index >= 15 is 0 Å². The highest BCUT2D eigenvalue weighted by Gasteiger charge is 2.35. The molecule has 0 saturated heterocycles. The second-order valence-electron chi connectivity index (χ2n) is 7.04. The number of nitrogens with one attached hydrogen (secondary N) is 1. The van der Waals surface area contributed by atoms with E-state index in [2.05, 4.69) is 10.1 Å². The summed E-state index contributed by atoms with van der Waals surface area (Å²) in [5.41, 5.74) is -0.245. The van der Waals surface area contributed by atoms with Crippen LogP contribution in [0.25, 0.3) is 6.08 Å². The molecule has 2 aliphatic heterocycles. The molecule has 12 nitrogen and oxygen atoms in total. The number of amides is 1. The average molecular weight is 516 g/mol. The van der Waals surface area contributed by atoms with Crippen molar-refractivity contribution < 1.29 is 27.1 Å². The van der Waals surface area contributed by atoms with E-state index in [0.29, 0.717) is 17.2 Å². The molecule has 0 spiro atoms. The van der Waals surface area contributed by atoms with E-state index in [1.54, 1.807) is 0 Å². The molecule has 180 valence electrons. The third-order valence-corrected chi connectivity index (χ3v) is 7.16. The van der Waals surface area contributed by atoms with Gasteiger partial charge in [0.05, 0.1) is 17.6 Å². The van der Waals surface area contributed by atoms with Crippen LogP contribution in [-0.4, -0.2) is 47.4 Å². The summed E-state index contributed by atoms with van der Waals surface area (Å²) < 4.78 is 35.8. The van der Waals surface area contributed by atoms with Gasteiger partial charge in [-0.25, -0.2) is 0 Å². The Labute approximate surface area is 203 Å². The molecule has 0 radical (unpaired) electrons. The van der Waals surface area contributed by atoms with Crippen LogP contribution < -0.4 is 8.92 Å². The molecule has 2 aliphatic rings. The van der Waals surface area contributed by atoms with Crippen LogP contribution in [0.4, 0.5) is 5.69 Å². The van der Waals surface area contributed by atoms with Crippen molar-refractivity contribution in [3.8, 4) is 11.5 Å². The number of ether oxygens (including phenoxy) is 1. The predicted molar refractivity (Wildman–Crippen MR) is 129 cm³/mol. The van der Waals surface area contributed by atoms with Gasteiger partial charge in [-0.2, -0.15) is 23.5 Å². The van der Waals surface area contributed by atoms with Gasteiger partial charge in [-0.15, -0.1) is 0 Å². The van der Waals surface area contributed by atoms with E-state index in [1.807, 2.05) is 6.92 Å². The van der Waals surface area contributed by atoms with Crippen LogP contribution in [0.1, 0.15) is 18.9 Å².